The van der Waals surface area contributed by atoms with Crippen LogP contribution in [0.4, 0.5) is 0 Å². The first-order chi connectivity index (χ1) is 9.11. The molecule has 0 saturated heterocycles. The Morgan fingerprint density at radius 3 is 2.95 bits per heavy atom. The number of hydrogen-bond donors (Lipinski definition) is 1. The smallest absolute Gasteiger partial charge is 0.194 e. The Balaban J connectivity index is 2.18. The number of fused-ring (bicyclic) bond motifs is 3. The molecule has 0 bridgehead atoms. The van der Waals surface area contributed by atoms with E-state index in [1.807, 2.05) is 11.3 Å². The highest BCUT2D eigenvalue weighted by molar-refractivity contribution is 7.17. The van der Waals surface area contributed by atoms with E-state index in [9.17, 15) is 0 Å². The Bertz CT molecular complexity index is 594. The normalized spacial score (nSPS) is 19.3. The van der Waals surface area contributed by atoms with Crippen LogP contribution in [0.25, 0.3) is 4.96 Å². The van der Waals surface area contributed by atoms with E-state index in [2.05, 4.69) is 25.2 Å². The third-order valence-electron chi connectivity index (χ3n) is 4.12. The van der Waals surface area contributed by atoms with E-state index in [1.165, 1.54) is 41.3 Å². The van der Waals surface area contributed by atoms with Gasteiger partial charge < -0.3 is 5.73 Å². The van der Waals surface area contributed by atoms with Gasteiger partial charge in [-0.1, -0.05) is 20.8 Å². The van der Waals surface area contributed by atoms with Crippen molar-refractivity contribution >= 4 is 16.3 Å². The van der Waals surface area contributed by atoms with Gasteiger partial charge in [0.25, 0.3) is 0 Å². The number of nitrogens with two attached hydrogens (primary N) is 1. The minimum absolute atomic E-state index is 0.479. The molecule has 1 unspecified atom stereocenters. The number of hydrogen-bond acceptors (Lipinski definition) is 3. The van der Waals surface area contributed by atoms with Crippen LogP contribution in [-0.4, -0.2) is 15.9 Å². The Morgan fingerprint density at radius 1 is 1.47 bits per heavy atom. The number of nitrogens with zero attached hydrogens (tertiary/aromatic N) is 2. The molecule has 0 saturated carbocycles. The Labute approximate surface area is 118 Å². The molecule has 0 fully saturated rings. The van der Waals surface area contributed by atoms with E-state index in [4.69, 9.17) is 10.7 Å². The van der Waals surface area contributed by atoms with Crippen molar-refractivity contribution in [3.8, 4) is 0 Å². The molecule has 2 heterocycles. The summed E-state index contributed by atoms with van der Waals surface area (Å²) in [7, 11) is 0. The molecule has 1 atom stereocenters. The third-order valence-corrected chi connectivity index (χ3v) is 5.22. The predicted octanol–water partition coefficient (Wildman–Crippen LogP) is 3.15. The van der Waals surface area contributed by atoms with Crippen LogP contribution in [0.5, 0.6) is 0 Å². The summed E-state index contributed by atoms with van der Waals surface area (Å²) in [6, 6.07) is 0. The summed E-state index contributed by atoms with van der Waals surface area (Å²) in [5, 5.41) is 0. The summed E-state index contributed by atoms with van der Waals surface area (Å²) in [4.78, 5) is 7.62. The highest BCUT2D eigenvalue weighted by atomic mass is 32.1. The molecule has 0 aromatic carbocycles. The molecule has 3 nitrogen and oxygen atoms in total. The van der Waals surface area contributed by atoms with Crippen LogP contribution in [0.1, 0.15) is 55.1 Å². The zero-order chi connectivity index (χ0) is 13.6. The van der Waals surface area contributed by atoms with Crippen molar-refractivity contribution in [2.45, 2.75) is 52.4 Å². The quantitative estimate of drug-likeness (QED) is 0.936. The highest BCUT2D eigenvalue weighted by Crippen LogP contribution is 2.35. The lowest BCUT2D eigenvalue weighted by Crippen LogP contribution is -2.14. The highest BCUT2D eigenvalue weighted by Gasteiger charge is 2.25. The first-order valence-corrected chi connectivity index (χ1v) is 8.15. The number of rotatable bonds is 3. The molecule has 19 heavy (non-hydrogen) atoms. The summed E-state index contributed by atoms with van der Waals surface area (Å²) in [5.41, 5.74) is 9.93. The number of thiazole rings is 1. The zero-order valence-corrected chi connectivity index (χ0v) is 12.9. The fourth-order valence-corrected chi connectivity index (χ4v) is 4.49. The molecule has 2 N–H and O–H groups in total. The lowest BCUT2D eigenvalue weighted by atomic mass is 9.93. The van der Waals surface area contributed by atoms with Crippen LogP contribution in [0.3, 0.4) is 0 Å². The van der Waals surface area contributed by atoms with Crippen LogP contribution in [-0.2, 0) is 19.3 Å². The summed E-state index contributed by atoms with van der Waals surface area (Å²) in [6.07, 6.45) is 4.66. The molecule has 0 amide bonds. The second-order valence-corrected chi connectivity index (χ2v) is 7.14. The fourth-order valence-electron chi connectivity index (χ4n) is 3.14. The number of aryl methyl sites for hydroxylation is 1. The van der Waals surface area contributed by atoms with E-state index in [0.29, 0.717) is 12.5 Å². The number of aromatic nitrogens is 2. The second-order valence-electron chi connectivity index (χ2n) is 6.08. The molecule has 0 radical (unpaired) electrons. The van der Waals surface area contributed by atoms with Gasteiger partial charge in [-0.3, -0.25) is 4.40 Å². The molecule has 0 aliphatic heterocycles. The second kappa shape index (κ2) is 4.91. The van der Waals surface area contributed by atoms with Crippen LogP contribution in [0.2, 0.25) is 0 Å². The van der Waals surface area contributed by atoms with Crippen molar-refractivity contribution < 1.29 is 0 Å². The maximum Gasteiger partial charge on any atom is 0.194 e. The maximum absolute atomic E-state index is 5.81. The van der Waals surface area contributed by atoms with Crippen molar-refractivity contribution in [1.82, 2.24) is 9.38 Å². The van der Waals surface area contributed by atoms with Crippen LogP contribution >= 0.6 is 11.3 Å². The van der Waals surface area contributed by atoms with Gasteiger partial charge in [0.15, 0.2) is 4.96 Å². The van der Waals surface area contributed by atoms with Crippen molar-refractivity contribution in [1.29, 1.82) is 0 Å². The molecule has 1 aliphatic carbocycles. The fraction of sp³-hybridized carbons (Fsp3) is 0.667. The minimum atomic E-state index is 0.479. The van der Waals surface area contributed by atoms with Gasteiger partial charge in [-0.05, 0) is 37.6 Å². The molecular formula is C15H23N3S. The molecule has 2 aromatic heterocycles. The van der Waals surface area contributed by atoms with Crippen LogP contribution < -0.4 is 5.73 Å². The molecule has 4 heteroatoms. The van der Waals surface area contributed by atoms with Gasteiger partial charge in [-0.25, -0.2) is 4.98 Å². The molecule has 1 aliphatic rings. The molecule has 2 aromatic rings. The van der Waals surface area contributed by atoms with Crippen LogP contribution in [0, 0.1) is 5.92 Å². The van der Waals surface area contributed by atoms with Crippen molar-refractivity contribution in [3.63, 3.8) is 0 Å². The summed E-state index contributed by atoms with van der Waals surface area (Å²) >= 11 is 1.89. The zero-order valence-electron chi connectivity index (χ0n) is 12.1. The van der Waals surface area contributed by atoms with Crippen LogP contribution in [0.15, 0.2) is 0 Å². The van der Waals surface area contributed by atoms with Crippen molar-refractivity contribution in [2.24, 2.45) is 11.7 Å². The molecule has 104 valence electrons. The number of imidazole rings is 1. The van der Waals surface area contributed by atoms with E-state index in [1.54, 1.807) is 4.88 Å². The predicted molar refractivity (Wildman–Crippen MR) is 81.1 cm³/mol. The standard InChI is InChI=1S/C15H23N3S/c1-9(2)14-12(6-7-16)18-11-5-4-10(3)8-13(11)19-15(18)17-14/h9-10H,4-8,16H2,1-3H3. The molecular weight excluding hydrogens is 254 g/mol. The van der Waals surface area contributed by atoms with Gasteiger partial charge >= 0.3 is 0 Å². The molecule has 0 spiro atoms. The largest absolute Gasteiger partial charge is 0.330 e. The SMILES string of the molecule is CC1CCc2c(sc3nc(C(C)C)c(CCN)n23)C1. The Hall–Kier alpha value is -0.870. The molecule has 3 rings (SSSR count). The Morgan fingerprint density at radius 2 is 2.26 bits per heavy atom. The lowest BCUT2D eigenvalue weighted by Gasteiger charge is -2.18. The van der Waals surface area contributed by atoms with Crippen molar-refractivity contribution in [2.75, 3.05) is 6.54 Å². The van der Waals surface area contributed by atoms with Gasteiger partial charge in [0.1, 0.15) is 0 Å². The monoisotopic (exact) mass is 277 g/mol. The third kappa shape index (κ3) is 2.11. The first-order valence-electron chi connectivity index (χ1n) is 7.33. The van der Waals surface area contributed by atoms with E-state index in [-0.39, 0.29) is 0 Å². The van der Waals surface area contributed by atoms with Gasteiger partial charge in [-0.15, -0.1) is 11.3 Å². The lowest BCUT2D eigenvalue weighted by molar-refractivity contribution is 0.498. The summed E-state index contributed by atoms with van der Waals surface area (Å²) in [6.45, 7) is 7.50. The average molecular weight is 277 g/mol. The topological polar surface area (TPSA) is 43.3 Å². The minimum Gasteiger partial charge on any atom is -0.330 e. The summed E-state index contributed by atoms with van der Waals surface area (Å²) in [5.74, 6) is 1.30. The van der Waals surface area contributed by atoms with Gasteiger partial charge in [0.05, 0.1) is 5.69 Å². The first kappa shape index (κ1) is 13.1. The average Bonchev–Trinajstić information content (AvgIpc) is 2.86. The van der Waals surface area contributed by atoms with Gasteiger partial charge in [-0.2, -0.15) is 0 Å². The summed E-state index contributed by atoms with van der Waals surface area (Å²) < 4.78 is 2.42. The van der Waals surface area contributed by atoms with E-state index in [0.717, 1.165) is 12.3 Å². The Kier molecular flexibility index (Phi) is 3.39. The van der Waals surface area contributed by atoms with Crippen molar-refractivity contribution in [3.05, 3.63) is 22.0 Å². The van der Waals surface area contributed by atoms with Gasteiger partial charge in [0, 0.05) is 22.7 Å². The van der Waals surface area contributed by atoms with Gasteiger partial charge in [0.2, 0.25) is 0 Å². The van der Waals surface area contributed by atoms with E-state index < -0.39 is 0 Å². The van der Waals surface area contributed by atoms with E-state index >= 15 is 0 Å². The maximum atomic E-state index is 5.81.